The molecule has 1 aromatic carbocycles. The number of hydrogen-bond acceptors (Lipinski definition) is 5. The molecule has 0 fully saturated rings. The maximum atomic E-state index is 13.5. The summed E-state index contributed by atoms with van der Waals surface area (Å²) in [6.07, 6.45) is 0.990. The molecular formula is C18H15BrCl2FN5O2. The monoisotopic (exact) mass is 501 g/mol. The van der Waals surface area contributed by atoms with Crippen LogP contribution < -0.4 is 10.5 Å². The van der Waals surface area contributed by atoms with Crippen molar-refractivity contribution in [3.8, 4) is 0 Å². The van der Waals surface area contributed by atoms with E-state index in [1.165, 1.54) is 18.3 Å². The van der Waals surface area contributed by atoms with Crippen molar-refractivity contribution in [2.24, 2.45) is 0 Å². The number of imidazole rings is 1. The molecule has 0 aliphatic carbocycles. The highest BCUT2D eigenvalue weighted by molar-refractivity contribution is 9.10. The maximum absolute atomic E-state index is 13.5. The Morgan fingerprint density at radius 1 is 1.34 bits per heavy atom. The predicted octanol–water partition coefficient (Wildman–Crippen LogP) is 3.93. The van der Waals surface area contributed by atoms with Gasteiger partial charge in [0.25, 0.3) is 5.56 Å². The van der Waals surface area contributed by atoms with Crippen LogP contribution in [0.3, 0.4) is 0 Å². The molecule has 0 amide bonds. The molecule has 1 aliphatic rings. The van der Waals surface area contributed by atoms with E-state index in [1.54, 1.807) is 13.2 Å². The van der Waals surface area contributed by atoms with Crippen molar-refractivity contribution in [2.45, 2.75) is 19.2 Å². The zero-order valence-corrected chi connectivity index (χ0v) is 18.2. The maximum Gasteiger partial charge on any atom is 0.285 e. The van der Waals surface area contributed by atoms with Gasteiger partial charge < -0.3 is 14.2 Å². The normalized spacial score (nSPS) is 14.7. The molecule has 0 saturated carbocycles. The number of fused-ring (bicyclic) bond motifs is 1. The molecule has 3 heterocycles. The van der Waals surface area contributed by atoms with E-state index in [0.29, 0.717) is 35.5 Å². The van der Waals surface area contributed by atoms with Crippen LogP contribution in [-0.2, 0) is 17.8 Å². The number of aromatic nitrogens is 4. The lowest BCUT2D eigenvalue weighted by Crippen LogP contribution is -2.35. The fourth-order valence-electron chi connectivity index (χ4n) is 3.47. The Hall–Kier alpha value is -1.94. The summed E-state index contributed by atoms with van der Waals surface area (Å²) in [4.78, 5) is 18.3. The predicted molar refractivity (Wildman–Crippen MR) is 111 cm³/mol. The second-order valence-electron chi connectivity index (χ2n) is 6.46. The summed E-state index contributed by atoms with van der Waals surface area (Å²) in [5.74, 6) is 0.344. The van der Waals surface area contributed by atoms with Crippen molar-refractivity contribution in [1.82, 2.24) is 19.7 Å². The topological polar surface area (TPSA) is 76.0 Å². The smallest absolute Gasteiger partial charge is 0.285 e. The van der Waals surface area contributed by atoms with E-state index in [0.717, 1.165) is 11.5 Å². The number of aromatic amines is 1. The molecule has 11 heteroatoms. The molecule has 0 saturated heterocycles. The first-order chi connectivity index (χ1) is 13.9. The fourth-order valence-corrected chi connectivity index (χ4v) is 4.58. The summed E-state index contributed by atoms with van der Waals surface area (Å²) in [6.45, 7) is 1.59. The summed E-state index contributed by atoms with van der Waals surface area (Å²) in [5, 5.41) is 6.51. The molecule has 7 nitrogen and oxygen atoms in total. The quantitative estimate of drug-likeness (QED) is 0.585. The minimum atomic E-state index is -0.532. The number of methoxy groups -OCH3 is 1. The molecule has 1 unspecified atom stereocenters. The molecule has 1 atom stereocenters. The number of H-pyrrole nitrogens is 1. The van der Waals surface area contributed by atoms with Gasteiger partial charge in [0.1, 0.15) is 27.4 Å². The van der Waals surface area contributed by atoms with Gasteiger partial charge in [-0.1, -0.05) is 29.3 Å². The third-order valence-corrected chi connectivity index (χ3v) is 6.09. The Labute approximate surface area is 183 Å². The van der Waals surface area contributed by atoms with Crippen molar-refractivity contribution in [2.75, 3.05) is 18.6 Å². The average Bonchev–Trinajstić information content (AvgIpc) is 3.01. The number of rotatable bonds is 4. The van der Waals surface area contributed by atoms with Crippen LogP contribution in [0.15, 0.2) is 33.8 Å². The first-order valence-corrected chi connectivity index (χ1v) is 10.2. The number of benzene rings is 1. The molecule has 0 bridgehead atoms. The molecule has 0 radical (unpaired) electrons. The fraction of sp³-hybridized carbons (Fsp3) is 0.278. The lowest BCUT2D eigenvalue weighted by molar-refractivity contribution is 0.128. The molecule has 3 aromatic rings. The number of nitrogens with zero attached hydrogens (tertiary/aromatic N) is 4. The lowest BCUT2D eigenvalue weighted by atomic mass is 10.1. The van der Waals surface area contributed by atoms with Crippen LogP contribution in [0.5, 0.6) is 0 Å². The Morgan fingerprint density at radius 3 is 2.86 bits per heavy atom. The highest BCUT2D eigenvalue weighted by Gasteiger charge is 2.30. The third-order valence-electron chi connectivity index (χ3n) is 4.81. The first kappa shape index (κ1) is 20.3. The molecule has 1 N–H and O–H groups in total. The van der Waals surface area contributed by atoms with Gasteiger partial charge in [0, 0.05) is 30.8 Å². The van der Waals surface area contributed by atoms with E-state index >= 15 is 0 Å². The van der Waals surface area contributed by atoms with E-state index < -0.39 is 17.5 Å². The van der Waals surface area contributed by atoms with Crippen molar-refractivity contribution >= 4 is 44.8 Å². The van der Waals surface area contributed by atoms with E-state index in [2.05, 4.69) is 31.1 Å². The van der Waals surface area contributed by atoms with Crippen LogP contribution >= 0.6 is 39.1 Å². The second kappa shape index (κ2) is 8.06. The van der Waals surface area contributed by atoms with Crippen LogP contribution in [0.4, 0.5) is 10.1 Å². The number of hydrogen-bond donors (Lipinski definition) is 1. The Kier molecular flexibility index (Phi) is 5.65. The molecule has 152 valence electrons. The molecule has 29 heavy (non-hydrogen) atoms. The van der Waals surface area contributed by atoms with Crippen molar-refractivity contribution < 1.29 is 9.13 Å². The number of anilines is 1. The van der Waals surface area contributed by atoms with Gasteiger partial charge in [0.05, 0.1) is 24.1 Å². The molecule has 4 rings (SSSR count). The van der Waals surface area contributed by atoms with E-state index in [1.807, 2.05) is 9.47 Å². The third kappa shape index (κ3) is 3.68. The largest absolute Gasteiger partial charge is 0.370 e. The zero-order valence-electron chi connectivity index (χ0n) is 15.1. The minimum Gasteiger partial charge on any atom is -0.370 e. The van der Waals surface area contributed by atoms with Gasteiger partial charge in [-0.15, -0.1) is 0 Å². The van der Waals surface area contributed by atoms with Crippen LogP contribution in [-0.4, -0.2) is 33.4 Å². The molecule has 1 aliphatic heterocycles. The second-order valence-corrected chi connectivity index (χ2v) is 7.99. The van der Waals surface area contributed by atoms with Crippen LogP contribution in [0.2, 0.25) is 10.0 Å². The summed E-state index contributed by atoms with van der Waals surface area (Å²) in [7, 11) is 1.56. The highest BCUT2D eigenvalue weighted by Crippen LogP contribution is 2.37. The van der Waals surface area contributed by atoms with E-state index in [4.69, 9.17) is 27.9 Å². The highest BCUT2D eigenvalue weighted by atomic mass is 79.9. The first-order valence-electron chi connectivity index (χ1n) is 8.61. The van der Waals surface area contributed by atoms with Gasteiger partial charge in [-0.05, 0) is 28.1 Å². The van der Waals surface area contributed by atoms with E-state index in [9.17, 15) is 9.18 Å². The standard InChI is InChI=1S/C18H15BrCl2FN5O2/c1-29-16(10-3-2-9(22)6-11(10)20)15-17(19)24-13-8-26(4-5-27(13)15)12-7-23-25-18(28)14(12)21/h2-3,6-7,16H,4-5,8H2,1H3,(H,25,28). The Balaban J connectivity index is 1.72. The van der Waals surface area contributed by atoms with Crippen LogP contribution in [0.1, 0.15) is 23.2 Å². The van der Waals surface area contributed by atoms with Crippen molar-refractivity contribution in [1.29, 1.82) is 0 Å². The SMILES string of the molecule is COC(c1ccc(F)cc1Cl)c1c(Br)nc2n1CCN(c1cn[nH]c(=O)c1Cl)C2. The van der Waals surface area contributed by atoms with Gasteiger partial charge in [-0.25, -0.2) is 14.5 Å². The van der Waals surface area contributed by atoms with Gasteiger partial charge in [-0.2, -0.15) is 5.10 Å². The summed E-state index contributed by atoms with van der Waals surface area (Å²) in [5.41, 5.74) is 1.53. The van der Waals surface area contributed by atoms with Gasteiger partial charge in [0.2, 0.25) is 0 Å². The van der Waals surface area contributed by atoms with Gasteiger partial charge in [0.15, 0.2) is 0 Å². The zero-order chi connectivity index (χ0) is 20.7. The Bertz CT molecular complexity index is 1140. The van der Waals surface area contributed by atoms with E-state index in [-0.39, 0.29) is 10.0 Å². The molecule has 2 aromatic heterocycles. The van der Waals surface area contributed by atoms with Crippen molar-refractivity contribution in [3.63, 3.8) is 0 Å². The summed E-state index contributed by atoms with van der Waals surface area (Å²) < 4.78 is 21.8. The summed E-state index contributed by atoms with van der Waals surface area (Å²) in [6, 6.07) is 4.21. The lowest BCUT2D eigenvalue weighted by Gasteiger charge is -2.31. The number of ether oxygens (including phenoxy) is 1. The van der Waals surface area contributed by atoms with Crippen molar-refractivity contribution in [3.05, 3.63) is 72.3 Å². The van der Waals surface area contributed by atoms with Crippen LogP contribution in [0, 0.1) is 5.82 Å². The van der Waals surface area contributed by atoms with Gasteiger partial charge >= 0.3 is 0 Å². The summed E-state index contributed by atoms with van der Waals surface area (Å²) >= 11 is 15.9. The van der Waals surface area contributed by atoms with Gasteiger partial charge in [-0.3, -0.25) is 4.79 Å². The van der Waals surface area contributed by atoms with Crippen LogP contribution in [0.25, 0.3) is 0 Å². The Morgan fingerprint density at radius 2 is 2.14 bits per heavy atom. The molecular weight excluding hydrogens is 488 g/mol. The molecule has 0 spiro atoms. The number of nitrogens with one attached hydrogen (secondary N) is 1. The average molecular weight is 503 g/mol. The minimum absolute atomic E-state index is 0.0900. The number of halogens is 4.